The lowest BCUT2D eigenvalue weighted by atomic mass is 10.2. The van der Waals surface area contributed by atoms with Crippen LogP contribution in [0.3, 0.4) is 0 Å². The van der Waals surface area contributed by atoms with E-state index in [1.807, 2.05) is 0 Å². The number of nitrogens with zero attached hydrogens (tertiary/aromatic N) is 2. The van der Waals surface area contributed by atoms with Gasteiger partial charge in [0.25, 0.3) is 16.0 Å². The summed E-state index contributed by atoms with van der Waals surface area (Å²) >= 11 is 0. The maximum Gasteiger partial charge on any atom is 0.294 e. The molecule has 2 amide bonds. The van der Waals surface area contributed by atoms with Crippen molar-refractivity contribution in [2.45, 2.75) is 11.8 Å². The minimum absolute atomic E-state index is 0.192. The van der Waals surface area contributed by atoms with Crippen LogP contribution in [0.2, 0.25) is 0 Å². The predicted molar refractivity (Wildman–Crippen MR) is 103 cm³/mol. The molecule has 0 aliphatic heterocycles. The summed E-state index contributed by atoms with van der Waals surface area (Å²) in [6.45, 7) is 1.26. The molecule has 2 aromatic carbocycles. The molecule has 0 saturated carbocycles. The number of nitrogens with one attached hydrogen (secondary N) is 1. The van der Waals surface area contributed by atoms with Crippen molar-refractivity contribution in [2.75, 3.05) is 16.0 Å². The number of carbonyl (C=O) groups excluding carboxylic acids is 2. The average molecular weight is 400 g/mol. The number of carbonyl (C=O) groups is 2. The highest BCUT2D eigenvalue weighted by atomic mass is 32.2. The summed E-state index contributed by atoms with van der Waals surface area (Å²) < 4.78 is 31.0. The van der Waals surface area contributed by atoms with E-state index < -0.39 is 21.9 Å². The van der Waals surface area contributed by atoms with Crippen LogP contribution >= 0.6 is 0 Å². The number of nitrogens with two attached hydrogens (primary N) is 1. The van der Waals surface area contributed by atoms with Crippen molar-refractivity contribution in [1.29, 1.82) is 5.26 Å². The van der Waals surface area contributed by atoms with Gasteiger partial charge in [-0.3, -0.25) is 19.0 Å². The van der Waals surface area contributed by atoms with Gasteiger partial charge in [-0.05, 0) is 42.5 Å². The smallest absolute Gasteiger partial charge is 0.294 e. The molecule has 0 unspecified atom stereocenters. The highest BCUT2D eigenvalue weighted by molar-refractivity contribution is 7.85. The number of amides is 2. The maximum atomic E-state index is 12.3. The van der Waals surface area contributed by atoms with E-state index in [4.69, 9.17) is 10.3 Å². The zero-order valence-corrected chi connectivity index (χ0v) is 15.5. The molecule has 0 spiro atoms. The molecule has 9 nitrogen and oxygen atoms in total. The van der Waals surface area contributed by atoms with Gasteiger partial charge in [0.15, 0.2) is 0 Å². The Morgan fingerprint density at radius 3 is 2.36 bits per heavy atom. The number of nitrogen functional groups attached to an aromatic ring is 1. The molecule has 0 bridgehead atoms. The van der Waals surface area contributed by atoms with Crippen molar-refractivity contribution >= 4 is 39.0 Å². The van der Waals surface area contributed by atoms with Crippen LogP contribution in [0.4, 0.5) is 17.1 Å². The van der Waals surface area contributed by atoms with Gasteiger partial charge in [0.05, 0.1) is 10.6 Å². The number of benzene rings is 2. The Hall–Kier alpha value is -3.68. The molecule has 0 fully saturated rings. The zero-order chi connectivity index (χ0) is 20.9. The predicted octanol–water partition coefficient (Wildman–Crippen LogP) is 1.91. The second kappa shape index (κ2) is 8.34. The molecule has 144 valence electrons. The van der Waals surface area contributed by atoms with Gasteiger partial charge in [-0.2, -0.15) is 13.7 Å². The third kappa shape index (κ3) is 5.16. The van der Waals surface area contributed by atoms with E-state index in [-0.39, 0.29) is 16.2 Å². The Labute approximate surface area is 161 Å². The molecule has 0 aromatic heterocycles. The fourth-order valence-electron chi connectivity index (χ4n) is 2.20. The van der Waals surface area contributed by atoms with Gasteiger partial charge in [0.2, 0.25) is 5.91 Å². The second-order valence-corrected chi connectivity index (χ2v) is 7.01. The Morgan fingerprint density at radius 2 is 1.86 bits per heavy atom. The van der Waals surface area contributed by atoms with Crippen LogP contribution in [0.1, 0.15) is 6.92 Å². The highest BCUT2D eigenvalue weighted by Gasteiger charge is 2.16. The van der Waals surface area contributed by atoms with Crippen LogP contribution in [0.5, 0.6) is 0 Å². The summed E-state index contributed by atoms with van der Waals surface area (Å²) in [7, 11) is -4.36. The lowest BCUT2D eigenvalue weighted by molar-refractivity contribution is -0.116. The maximum absolute atomic E-state index is 12.3. The molecule has 0 aliphatic rings. The van der Waals surface area contributed by atoms with Gasteiger partial charge in [-0.15, -0.1) is 0 Å². The molecular formula is C18H16N4O5S. The number of anilines is 3. The van der Waals surface area contributed by atoms with E-state index in [1.165, 1.54) is 25.1 Å². The first-order chi connectivity index (χ1) is 13.1. The SMILES string of the molecule is CC(=O)N(/C=C(/C#N)C(=O)Nc1ccc(S(=O)(=O)O)cc1)c1cccc(N)c1. The molecule has 2 rings (SSSR count). The summed E-state index contributed by atoms with van der Waals surface area (Å²) in [5, 5.41) is 11.7. The molecule has 0 atom stereocenters. The fourth-order valence-corrected chi connectivity index (χ4v) is 2.68. The molecule has 28 heavy (non-hydrogen) atoms. The molecule has 0 heterocycles. The fraction of sp³-hybridized carbons (Fsp3) is 0.0556. The van der Waals surface area contributed by atoms with Crippen molar-refractivity contribution in [1.82, 2.24) is 0 Å². The van der Waals surface area contributed by atoms with Gasteiger partial charge in [-0.1, -0.05) is 6.07 Å². The lowest BCUT2D eigenvalue weighted by Crippen LogP contribution is -2.25. The van der Waals surface area contributed by atoms with Gasteiger partial charge in [0.1, 0.15) is 11.6 Å². The van der Waals surface area contributed by atoms with Crippen LogP contribution in [0.25, 0.3) is 0 Å². The number of hydrogen-bond donors (Lipinski definition) is 3. The highest BCUT2D eigenvalue weighted by Crippen LogP contribution is 2.20. The summed E-state index contributed by atoms with van der Waals surface area (Å²) in [5.41, 5.74) is 6.31. The van der Waals surface area contributed by atoms with Crippen molar-refractivity contribution < 1.29 is 22.6 Å². The quantitative estimate of drug-likeness (QED) is 0.300. The van der Waals surface area contributed by atoms with E-state index in [1.54, 1.807) is 24.3 Å². The molecule has 0 aliphatic carbocycles. The molecule has 2 aromatic rings. The molecular weight excluding hydrogens is 384 g/mol. The molecule has 0 saturated heterocycles. The van der Waals surface area contributed by atoms with Crippen molar-refractivity contribution in [3.05, 3.63) is 60.3 Å². The lowest BCUT2D eigenvalue weighted by Gasteiger charge is -2.17. The van der Waals surface area contributed by atoms with Gasteiger partial charge < -0.3 is 11.1 Å². The summed E-state index contributed by atoms with van der Waals surface area (Å²) in [6.07, 6.45) is 1.08. The van der Waals surface area contributed by atoms with E-state index in [9.17, 15) is 23.3 Å². The summed E-state index contributed by atoms with van der Waals surface area (Å²) in [4.78, 5) is 25.1. The second-order valence-electron chi connectivity index (χ2n) is 5.59. The van der Waals surface area contributed by atoms with E-state index in [0.29, 0.717) is 11.4 Å². The van der Waals surface area contributed by atoms with E-state index >= 15 is 0 Å². The van der Waals surface area contributed by atoms with Crippen LogP contribution in [-0.2, 0) is 19.7 Å². The minimum Gasteiger partial charge on any atom is -0.399 e. The Bertz CT molecular complexity index is 1090. The Balaban J connectivity index is 2.28. The summed E-state index contributed by atoms with van der Waals surface area (Å²) in [6, 6.07) is 12.7. The van der Waals surface area contributed by atoms with Crippen molar-refractivity contribution in [3.8, 4) is 6.07 Å². The first-order valence-corrected chi connectivity index (χ1v) is 9.22. The van der Waals surface area contributed by atoms with Gasteiger partial charge in [0, 0.05) is 24.5 Å². The summed E-state index contributed by atoms with van der Waals surface area (Å²) in [5.74, 6) is -1.25. The monoisotopic (exact) mass is 400 g/mol. The largest absolute Gasteiger partial charge is 0.399 e. The molecule has 0 radical (unpaired) electrons. The van der Waals surface area contributed by atoms with Crippen LogP contribution < -0.4 is 16.0 Å². The number of nitriles is 1. The van der Waals surface area contributed by atoms with E-state index in [2.05, 4.69) is 5.32 Å². The average Bonchev–Trinajstić information content (AvgIpc) is 2.61. The van der Waals surface area contributed by atoms with Crippen LogP contribution in [0, 0.1) is 11.3 Å². The normalized spacial score (nSPS) is 11.4. The van der Waals surface area contributed by atoms with Crippen LogP contribution in [0.15, 0.2) is 65.2 Å². The first-order valence-electron chi connectivity index (χ1n) is 7.78. The standard InChI is InChI=1S/C18H16N4O5S/c1-12(23)22(16-4-2-3-14(20)9-16)11-13(10-19)18(24)21-15-5-7-17(8-6-15)28(25,26)27/h2-9,11H,20H2,1H3,(H,21,24)(H,25,26,27)/b13-11-. The van der Waals surface area contributed by atoms with Crippen molar-refractivity contribution in [3.63, 3.8) is 0 Å². The topological polar surface area (TPSA) is 154 Å². The Kier molecular flexibility index (Phi) is 6.15. The molecule has 10 heteroatoms. The Morgan fingerprint density at radius 1 is 1.21 bits per heavy atom. The van der Waals surface area contributed by atoms with Crippen molar-refractivity contribution in [2.24, 2.45) is 0 Å². The molecule has 4 N–H and O–H groups in total. The third-order valence-electron chi connectivity index (χ3n) is 3.52. The van der Waals surface area contributed by atoms with Crippen LogP contribution in [-0.4, -0.2) is 24.8 Å². The number of hydrogen-bond acceptors (Lipinski definition) is 6. The minimum atomic E-state index is -4.36. The van der Waals surface area contributed by atoms with Gasteiger partial charge in [-0.25, -0.2) is 0 Å². The number of rotatable bonds is 5. The van der Waals surface area contributed by atoms with E-state index in [0.717, 1.165) is 23.2 Å². The van der Waals surface area contributed by atoms with Gasteiger partial charge >= 0.3 is 0 Å². The zero-order valence-electron chi connectivity index (χ0n) is 14.7. The first kappa shape index (κ1) is 20.6. The third-order valence-corrected chi connectivity index (χ3v) is 4.39.